The second-order valence-corrected chi connectivity index (χ2v) is 7.93. The van der Waals surface area contributed by atoms with Gasteiger partial charge in [-0.2, -0.15) is 0 Å². The molecule has 0 spiro atoms. The predicted octanol–water partition coefficient (Wildman–Crippen LogP) is 3.78. The zero-order valence-electron chi connectivity index (χ0n) is 15.4. The Morgan fingerprint density at radius 2 is 1.57 bits per heavy atom. The monoisotopic (exact) mass is 420 g/mol. The maximum absolute atomic E-state index is 12.0. The summed E-state index contributed by atoms with van der Waals surface area (Å²) in [5.74, 6) is -0.976. The molecule has 2 N–H and O–H groups in total. The molecule has 28 heavy (non-hydrogen) atoms. The van der Waals surface area contributed by atoms with E-state index < -0.39 is 0 Å². The van der Waals surface area contributed by atoms with Gasteiger partial charge in [0.15, 0.2) is 5.78 Å². The van der Waals surface area contributed by atoms with E-state index in [0.29, 0.717) is 15.6 Å². The molecule has 0 saturated carbocycles. The van der Waals surface area contributed by atoms with Gasteiger partial charge in [-0.3, -0.25) is 19.2 Å². The summed E-state index contributed by atoms with van der Waals surface area (Å²) >= 11 is 7.17. The summed E-state index contributed by atoms with van der Waals surface area (Å²) in [5, 5.41) is 5.65. The Hall–Kier alpha value is -2.51. The van der Waals surface area contributed by atoms with Crippen LogP contribution in [0, 0.1) is 6.92 Å². The van der Waals surface area contributed by atoms with Crippen molar-refractivity contribution in [2.24, 2.45) is 0 Å². The molecule has 2 amide bonds. The highest BCUT2D eigenvalue weighted by atomic mass is 35.5. The smallest absolute Gasteiger partial charge is 0.243 e. The molecule has 0 bridgehead atoms. The summed E-state index contributed by atoms with van der Waals surface area (Å²) in [4.78, 5) is 49.1. The molecule has 2 rings (SSSR count). The number of halogens is 1. The van der Waals surface area contributed by atoms with E-state index in [2.05, 4.69) is 10.6 Å². The molecule has 0 radical (unpaired) electrons. The summed E-state index contributed by atoms with van der Waals surface area (Å²) in [6.45, 7) is 1.73. The molecule has 0 saturated heterocycles. The lowest BCUT2D eigenvalue weighted by atomic mass is 10.1. The van der Waals surface area contributed by atoms with Crippen molar-refractivity contribution in [3.8, 4) is 0 Å². The topological polar surface area (TPSA) is 92.3 Å². The van der Waals surface area contributed by atoms with Crippen LogP contribution in [-0.4, -0.2) is 29.9 Å². The number of anilines is 1. The van der Waals surface area contributed by atoms with Crippen LogP contribution >= 0.6 is 22.9 Å². The summed E-state index contributed by atoms with van der Waals surface area (Å²) in [5.41, 5.74) is 0.574. The molecule has 0 unspecified atom stereocenters. The molecule has 2 aromatic rings. The highest BCUT2D eigenvalue weighted by molar-refractivity contribution is 7.14. The quantitative estimate of drug-likeness (QED) is 0.572. The fraction of sp³-hybridized carbons (Fsp3) is 0.300. The third-order valence-corrected chi connectivity index (χ3v) is 5.14. The van der Waals surface area contributed by atoms with Crippen molar-refractivity contribution in [1.82, 2.24) is 5.32 Å². The fourth-order valence-corrected chi connectivity index (χ4v) is 3.31. The second-order valence-electron chi connectivity index (χ2n) is 6.20. The van der Waals surface area contributed by atoms with Crippen molar-refractivity contribution < 1.29 is 19.2 Å². The number of benzene rings is 1. The van der Waals surface area contributed by atoms with Gasteiger partial charge in [0, 0.05) is 41.3 Å². The van der Waals surface area contributed by atoms with E-state index in [-0.39, 0.29) is 55.6 Å². The third kappa shape index (κ3) is 7.62. The number of carbonyl (C=O) groups is 4. The van der Waals surface area contributed by atoms with Gasteiger partial charge in [-0.05, 0) is 43.3 Å². The van der Waals surface area contributed by atoms with Gasteiger partial charge in [0.25, 0.3) is 0 Å². The van der Waals surface area contributed by atoms with E-state index in [9.17, 15) is 19.2 Å². The Kier molecular flexibility index (Phi) is 8.35. The van der Waals surface area contributed by atoms with Crippen LogP contribution in [0.15, 0.2) is 36.4 Å². The lowest BCUT2D eigenvalue weighted by Crippen LogP contribution is -2.33. The summed E-state index contributed by atoms with van der Waals surface area (Å²) in [7, 11) is 0. The average molecular weight is 421 g/mol. The number of hydrogen-bond donors (Lipinski definition) is 2. The number of ketones is 2. The normalized spacial score (nSPS) is 10.4. The highest BCUT2D eigenvalue weighted by Gasteiger charge is 2.13. The number of carbonyl (C=O) groups excluding carboxylic acids is 4. The summed E-state index contributed by atoms with van der Waals surface area (Å²) in [6.07, 6.45) is 0.283. The van der Waals surface area contributed by atoms with Gasteiger partial charge < -0.3 is 10.6 Å². The molecule has 6 nitrogen and oxygen atoms in total. The van der Waals surface area contributed by atoms with Crippen molar-refractivity contribution >= 4 is 52.0 Å². The zero-order valence-corrected chi connectivity index (χ0v) is 17.0. The van der Waals surface area contributed by atoms with Crippen LogP contribution in [0.3, 0.4) is 0 Å². The van der Waals surface area contributed by atoms with Gasteiger partial charge in [0.2, 0.25) is 11.8 Å². The van der Waals surface area contributed by atoms with E-state index >= 15 is 0 Å². The Morgan fingerprint density at radius 3 is 2.21 bits per heavy atom. The Labute approximate surface area is 172 Å². The predicted molar refractivity (Wildman–Crippen MR) is 110 cm³/mol. The largest absolute Gasteiger partial charge is 0.347 e. The molecule has 0 fully saturated rings. The first-order valence-electron chi connectivity index (χ1n) is 8.77. The van der Waals surface area contributed by atoms with Crippen LogP contribution in [-0.2, 0) is 14.4 Å². The SMILES string of the molecule is Cc1ccc(C(=O)CCC(=O)CCC(=O)NCC(=O)Nc2ccc(Cl)cc2)s1. The molecule has 1 aromatic carbocycles. The molecule has 148 valence electrons. The lowest BCUT2D eigenvalue weighted by molar-refractivity contribution is -0.126. The molecule has 1 heterocycles. The summed E-state index contributed by atoms with van der Waals surface area (Å²) < 4.78 is 0. The first-order valence-corrected chi connectivity index (χ1v) is 9.96. The zero-order chi connectivity index (χ0) is 20.5. The number of nitrogens with one attached hydrogen (secondary N) is 2. The number of hydrogen-bond acceptors (Lipinski definition) is 5. The third-order valence-electron chi connectivity index (χ3n) is 3.85. The number of aryl methyl sites for hydroxylation is 1. The maximum atomic E-state index is 12.0. The number of Topliss-reactive ketones (excluding diaryl/α,β-unsaturated/α-hetero) is 2. The van der Waals surface area contributed by atoms with Crippen LogP contribution in [0.2, 0.25) is 5.02 Å². The van der Waals surface area contributed by atoms with E-state index in [1.807, 2.05) is 13.0 Å². The standard InChI is InChI=1S/C20H21ClN2O4S/c1-13-2-10-18(28-13)17(25)9-7-16(24)8-11-19(26)22-12-20(27)23-15-5-3-14(21)4-6-15/h2-6,10H,7-9,11-12H2,1H3,(H,22,26)(H,23,27). The Morgan fingerprint density at radius 1 is 0.893 bits per heavy atom. The number of rotatable bonds is 10. The van der Waals surface area contributed by atoms with Crippen molar-refractivity contribution in [2.45, 2.75) is 32.6 Å². The molecule has 0 aliphatic heterocycles. The lowest BCUT2D eigenvalue weighted by Gasteiger charge is -2.07. The van der Waals surface area contributed by atoms with Crippen LogP contribution in [0.4, 0.5) is 5.69 Å². The fourth-order valence-electron chi connectivity index (χ4n) is 2.34. The van der Waals surface area contributed by atoms with Crippen molar-refractivity contribution in [3.63, 3.8) is 0 Å². The molecule has 8 heteroatoms. The molecule has 1 aromatic heterocycles. The van der Waals surface area contributed by atoms with Gasteiger partial charge in [-0.15, -0.1) is 11.3 Å². The Balaban J connectivity index is 1.62. The highest BCUT2D eigenvalue weighted by Crippen LogP contribution is 2.18. The average Bonchev–Trinajstić information content (AvgIpc) is 3.11. The number of thiophene rings is 1. The van der Waals surface area contributed by atoms with Gasteiger partial charge in [0.1, 0.15) is 5.78 Å². The molecule has 0 aliphatic carbocycles. The second kappa shape index (κ2) is 10.7. The molecule has 0 aliphatic rings. The molecular weight excluding hydrogens is 400 g/mol. The minimum absolute atomic E-state index is 0.0145. The van der Waals surface area contributed by atoms with E-state index in [1.54, 1.807) is 30.3 Å². The van der Waals surface area contributed by atoms with Crippen LogP contribution in [0.5, 0.6) is 0 Å². The molecule has 0 atom stereocenters. The minimum Gasteiger partial charge on any atom is -0.347 e. The van der Waals surface area contributed by atoms with Crippen LogP contribution in [0.1, 0.15) is 40.2 Å². The first kappa shape index (κ1) is 21.8. The Bertz CT molecular complexity index is 861. The minimum atomic E-state index is -0.389. The van der Waals surface area contributed by atoms with Gasteiger partial charge in [-0.25, -0.2) is 0 Å². The van der Waals surface area contributed by atoms with Crippen molar-refractivity contribution in [3.05, 3.63) is 51.2 Å². The van der Waals surface area contributed by atoms with Crippen molar-refractivity contribution in [1.29, 1.82) is 0 Å². The van der Waals surface area contributed by atoms with Crippen molar-refractivity contribution in [2.75, 3.05) is 11.9 Å². The van der Waals surface area contributed by atoms with Crippen LogP contribution < -0.4 is 10.6 Å². The number of amides is 2. The van der Waals surface area contributed by atoms with Crippen LogP contribution in [0.25, 0.3) is 0 Å². The summed E-state index contributed by atoms with van der Waals surface area (Å²) in [6, 6.07) is 10.2. The van der Waals surface area contributed by atoms with Gasteiger partial charge >= 0.3 is 0 Å². The van der Waals surface area contributed by atoms with E-state index in [1.165, 1.54) is 11.3 Å². The van der Waals surface area contributed by atoms with Gasteiger partial charge in [0.05, 0.1) is 11.4 Å². The van der Waals surface area contributed by atoms with Gasteiger partial charge in [-0.1, -0.05) is 11.6 Å². The van der Waals surface area contributed by atoms with E-state index in [0.717, 1.165) is 4.88 Å². The molecular formula is C20H21ClN2O4S. The van der Waals surface area contributed by atoms with E-state index in [4.69, 9.17) is 11.6 Å². The maximum Gasteiger partial charge on any atom is 0.243 e. The first-order chi connectivity index (χ1) is 13.3.